The van der Waals surface area contributed by atoms with Crippen molar-refractivity contribution in [3.05, 3.63) is 28.8 Å². The van der Waals surface area contributed by atoms with Crippen molar-refractivity contribution in [2.45, 2.75) is 19.3 Å². The summed E-state index contributed by atoms with van der Waals surface area (Å²) in [5, 5.41) is 3.41. The molecule has 0 radical (unpaired) electrons. The molecule has 0 aromatic heterocycles. The molecule has 0 spiro atoms. The van der Waals surface area contributed by atoms with E-state index in [1.165, 1.54) is 6.42 Å². The highest BCUT2D eigenvalue weighted by Crippen LogP contribution is 2.22. The Morgan fingerprint density at radius 3 is 2.83 bits per heavy atom. The van der Waals surface area contributed by atoms with Gasteiger partial charge in [0.05, 0.1) is 12.7 Å². The van der Waals surface area contributed by atoms with Crippen molar-refractivity contribution in [1.82, 2.24) is 5.32 Å². The van der Waals surface area contributed by atoms with E-state index in [0.29, 0.717) is 22.9 Å². The number of methoxy groups -OCH3 is 1. The fourth-order valence-electron chi connectivity index (χ4n) is 1.55. The van der Waals surface area contributed by atoms with Crippen molar-refractivity contribution in [3.8, 4) is 5.75 Å². The van der Waals surface area contributed by atoms with Crippen LogP contribution in [0, 0.1) is 0 Å². The third kappa shape index (κ3) is 5.02. The van der Waals surface area contributed by atoms with Crippen molar-refractivity contribution in [1.29, 1.82) is 0 Å². The Morgan fingerprint density at radius 2 is 2.17 bits per heavy atom. The highest BCUT2D eigenvalue weighted by atomic mass is 127. The molecule has 1 rings (SSSR count). The second kappa shape index (κ2) is 8.58. The monoisotopic (exact) mass is 381 g/mol. The van der Waals surface area contributed by atoms with Gasteiger partial charge in [-0.1, -0.05) is 40.6 Å². The van der Waals surface area contributed by atoms with E-state index >= 15 is 0 Å². The van der Waals surface area contributed by atoms with Crippen LogP contribution in [-0.4, -0.2) is 24.0 Å². The van der Waals surface area contributed by atoms with Crippen molar-refractivity contribution in [2.75, 3.05) is 18.1 Å². The standard InChI is InChI=1S/C13H17ClINO2/c1-18-12-6-5-10(14)9-11(12)13(17)16-8-4-2-3-7-15/h5-6,9H,2-4,7-8H2,1H3,(H,16,17). The van der Waals surface area contributed by atoms with Crippen LogP contribution >= 0.6 is 34.2 Å². The number of alkyl halides is 1. The van der Waals surface area contributed by atoms with Gasteiger partial charge in [0.25, 0.3) is 5.91 Å². The van der Waals surface area contributed by atoms with Crippen LogP contribution in [0.5, 0.6) is 5.75 Å². The van der Waals surface area contributed by atoms with Crippen LogP contribution in [0.4, 0.5) is 0 Å². The molecule has 0 fully saturated rings. The fraction of sp³-hybridized carbons (Fsp3) is 0.462. The number of halogens is 2. The Labute approximate surface area is 126 Å². The molecule has 0 aliphatic rings. The number of nitrogens with one attached hydrogen (secondary N) is 1. The van der Waals surface area contributed by atoms with Gasteiger partial charge in [-0.2, -0.15) is 0 Å². The molecule has 0 bridgehead atoms. The summed E-state index contributed by atoms with van der Waals surface area (Å²) in [5.41, 5.74) is 0.485. The Morgan fingerprint density at radius 1 is 1.39 bits per heavy atom. The van der Waals surface area contributed by atoms with E-state index in [1.54, 1.807) is 25.3 Å². The zero-order chi connectivity index (χ0) is 13.4. The maximum atomic E-state index is 12.0. The molecule has 1 N–H and O–H groups in total. The summed E-state index contributed by atoms with van der Waals surface area (Å²) in [6.45, 7) is 0.686. The summed E-state index contributed by atoms with van der Waals surface area (Å²) >= 11 is 8.24. The van der Waals surface area contributed by atoms with Gasteiger partial charge in [-0.15, -0.1) is 0 Å². The number of hydrogen-bond acceptors (Lipinski definition) is 2. The maximum absolute atomic E-state index is 12.0. The minimum Gasteiger partial charge on any atom is -0.496 e. The average Bonchev–Trinajstić information content (AvgIpc) is 2.38. The second-order valence-electron chi connectivity index (χ2n) is 3.85. The Hall–Kier alpha value is -0.490. The molecule has 1 amide bonds. The molecule has 0 atom stereocenters. The molecule has 0 aliphatic heterocycles. The summed E-state index contributed by atoms with van der Waals surface area (Å²) in [5.74, 6) is 0.410. The van der Waals surface area contributed by atoms with E-state index in [2.05, 4.69) is 27.9 Å². The molecule has 0 unspecified atom stereocenters. The van der Waals surface area contributed by atoms with Gasteiger partial charge in [-0.25, -0.2) is 0 Å². The van der Waals surface area contributed by atoms with Crippen molar-refractivity contribution < 1.29 is 9.53 Å². The van der Waals surface area contributed by atoms with Crippen molar-refractivity contribution >= 4 is 40.1 Å². The first-order valence-electron chi connectivity index (χ1n) is 5.86. The average molecular weight is 382 g/mol. The van der Waals surface area contributed by atoms with Crippen LogP contribution in [0.1, 0.15) is 29.6 Å². The Bertz CT molecular complexity index is 399. The van der Waals surface area contributed by atoms with Gasteiger partial charge in [0, 0.05) is 11.6 Å². The molecule has 0 saturated carbocycles. The van der Waals surface area contributed by atoms with Gasteiger partial charge in [0.2, 0.25) is 0 Å². The molecular weight excluding hydrogens is 365 g/mol. The number of hydrogen-bond donors (Lipinski definition) is 1. The maximum Gasteiger partial charge on any atom is 0.255 e. The molecule has 0 aliphatic carbocycles. The first-order chi connectivity index (χ1) is 8.69. The lowest BCUT2D eigenvalue weighted by atomic mass is 10.2. The van der Waals surface area contributed by atoms with Crippen LogP contribution < -0.4 is 10.1 Å². The van der Waals surface area contributed by atoms with Crippen LogP contribution in [0.25, 0.3) is 0 Å². The van der Waals surface area contributed by atoms with Gasteiger partial charge in [0.15, 0.2) is 0 Å². The highest BCUT2D eigenvalue weighted by molar-refractivity contribution is 14.1. The molecule has 1 aromatic rings. The highest BCUT2D eigenvalue weighted by Gasteiger charge is 2.11. The predicted octanol–water partition coefficient (Wildman–Crippen LogP) is 3.68. The number of rotatable bonds is 7. The zero-order valence-electron chi connectivity index (χ0n) is 10.3. The minimum atomic E-state index is -0.135. The lowest BCUT2D eigenvalue weighted by molar-refractivity contribution is 0.0950. The predicted molar refractivity (Wildman–Crippen MR) is 83.1 cm³/mol. The lowest BCUT2D eigenvalue weighted by Crippen LogP contribution is -2.24. The normalized spacial score (nSPS) is 10.2. The molecule has 100 valence electrons. The van der Waals surface area contributed by atoms with Gasteiger partial charge in [-0.3, -0.25) is 4.79 Å². The van der Waals surface area contributed by atoms with E-state index in [-0.39, 0.29) is 5.91 Å². The van der Waals surface area contributed by atoms with Crippen LogP contribution in [0.2, 0.25) is 5.02 Å². The van der Waals surface area contributed by atoms with E-state index in [9.17, 15) is 4.79 Å². The molecule has 3 nitrogen and oxygen atoms in total. The summed E-state index contributed by atoms with van der Waals surface area (Å²) in [6, 6.07) is 5.03. The van der Waals surface area contributed by atoms with Gasteiger partial charge in [0.1, 0.15) is 5.75 Å². The number of amides is 1. The summed E-state index contributed by atoms with van der Waals surface area (Å²) in [6.07, 6.45) is 3.32. The molecule has 5 heteroatoms. The number of unbranched alkanes of at least 4 members (excludes halogenated alkanes) is 2. The third-order valence-corrected chi connectivity index (χ3v) is 3.50. The van der Waals surface area contributed by atoms with Crippen molar-refractivity contribution in [3.63, 3.8) is 0 Å². The van der Waals surface area contributed by atoms with Gasteiger partial charge < -0.3 is 10.1 Å². The first kappa shape index (κ1) is 15.6. The number of carbonyl (C=O) groups excluding carboxylic acids is 1. The lowest BCUT2D eigenvalue weighted by Gasteiger charge is -2.09. The van der Waals surface area contributed by atoms with Crippen LogP contribution in [0.15, 0.2) is 18.2 Å². The minimum absolute atomic E-state index is 0.135. The van der Waals surface area contributed by atoms with Gasteiger partial charge >= 0.3 is 0 Å². The van der Waals surface area contributed by atoms with E-state index in [0.717, 1.165) is 17.3 Å². The largest absolute Gasteiger partial charge is 0.496 e. The molecule has 1 aromatic carbocycles. The molecule has 18 heavy (non-hydrogen) atoms. The van der Waals surface area contributed by atoms with E-state index in [1.807, 2.05) is 0 Å². The fourth-order valence-corrected chi connectivity index (χ4v) is 2.26. The summed E-state index contributed by atoms with van der Waals surface area (Å²) < 4.78 is 6.31. The summed E-state index contributed by atoms with van der Waals surface area (Å²) in [4.78, 5) is 12.0. The SMILES string of the molecule is COc1ccc(Cl)cc1C(=O)NCCCCCI. The molecular formula is C13H17ClINO2. The smallest absolute Gasteiger partial charge is 0.255 e. The van der Waals surface area contributed by atoms with Crippen molar-refractivity contribution in [2.24, 2.45) is 0 Å². The van der Waals surface area contributed by atoms with Gasteiger partial charge in [-0.05, 0) is 35.5 Å². The quantitative estimate of drug-likeness (QED) is 0.444. The van der Waals surface area contributed by atoms with Crippen LogP contribution in [0.3, 0.4) is 0 Å². The second-order valence-corrected chi connectivity index (χ2v) is 5.37. The van der Waals surface area contributed by atoms with Crippen LogP contribution in [-0.2, 0) is 0 Å². The molecule has 0 heterocycles. The Kier molecular flexibility index (Phi) is 7.42. The van der Waals surface area contributed by atoms with E-state index < -0.39 is 0 Å². The number of benzene rings is 1. The Balaban J connectivity index is 2.52. The summed E-state index contributed by atoms with van der Waals surface area (Å²) in [7, 11) is 1.54. The third-order valence-electron chi connectivity index (χ3n) is 2.50. The zero-order valence-corrected chi connectivity index (χ0v) is 13.3. The number of carbonyl (C=O) groups is 1. The first-order valence-corrected chi connectivity index (χ1v) is 7.77. The van der Waals surface area contributed by atoms with E-state index in [4.69, 9.17) is 16.3 Å². The molecule has 0 saturated heterocycles. The topological polar surface area (TPSA) is 38.3 Å². The number of ether oxygens (including phenoxy) is 1.